The Morgan fingerprint density at radius 3 is 3.25 bits per heavy atom. The standard InChI is InChI=1S/C12H20N2O2/c1-2-14-8-7-13-12(14)11(15)6-5-10-4-3-9-16-10/h7-8,10-11,15H,2-6,9H2,1H3. The number of nitrogens with zero attached hydrogens (tertiary/aromatic N) is 2. The Balaban J connectivity index is 1.84. The summed E-state index contributed by atoms with van der Waals surface area (Å²) in [5.41, 5.74) is 0. The second-order valence-electron chi connectivity index (χ2n) is 4.30. The highest BCUT2D eigenvalue weighted by atomic mass is 16.5. The SMILES string of the molecule is CCn1ccnc1C(O)CCC1CCCO1. The molecule has 1 aliphatic heterocycles. The van der Waals surface area contributed by atoms with Crippen molar-refractivity contribution < 1.29 is 9.84 Å². The van der Waals surface area contributed by atoms with E-state index < -0.39 is 6.10 Å². The van der Waals surface area contributed by atoms with Gasteiger partial charge in [-0.2, -0.15) is 0 Å². The van der Waals surface area contributed by atoms with Gasteiger partial charge in [-0.15, -0.1) is 0 Å². The first-order valence-electron chi connectivity index (χ1n) is 6.12. The van der Waals surface area contributed by atoms with Gasteiger partial charge in [0.15, 0.2) is 0 Å². The molecular formula is C12H20N2O2. The number of hydrogen-bond donors (Lipinski definition) is 1. The van der Waals surface area contributed by atoms with Crippen molar-refractivity contribution in [3.8, 4) is 0 Å². The zero-order valence-corrected chi connectivity index (χ0v) is 9.80. The third-order valence-electron chi connectivity index (χ3n) is 3.17. The summed E-state index contributed by atoms with van der Waals surface area (Å²) in [5.74, 6) is 0.778. The van der Waals surface area contributed by atoms with Crippen LogP contribution < -0.4 is 0 Å². The van der Waals surface area contributed by atoms with E-state index in [0.717, 1.165) is 44.7 Å². The van der Waals surface area contributed by atoms with Gasteiger partial charge in [-0.1, -0.05) is 0 Å². The van der Waals surface area contributed by atoms with Gasteiger partial charge in [0.1, 0.15) is 11.9 Å². The summed E-state index contributed by atoms with van der Waals surface area (Å²) in [6.45, 7) is 3.79. The van der Waals surface area contributed by atoms with Gasteiger partial charge in [0.25, 0.3) is 0 Å². The van der Waals surface area contributed by atoms with Crippen LogP contribution in [0.3, 0.4) is 0 Å². The van der Waals surface area contributed by atoms with Crippen LogP contribution in [0.4, 0.5) is 0 Å². The van der Waals surface area contributed by atoms with Crippen LogP contribution in [0.5, 0.6) is 0 Å². The van der Waals surface area contributed by atoms with Gasteiger partial charge in [0.05, 0.1) is 6.10 Å². The van der Waals surface area contributed by atoms with Crippen LogP contribution in [0.1, 0.15) is 44.5 Å². The quantitative estimate of drug-likeness (QED) is 0.831. The summed E-state index contributed by atoms with van der Waals surface area (Å²) in [6.07, 6.45) is 7.50. The lowest BCUT2D eigenvalue weighted by molar-refractivity contribution is 0.0780. The monoisotopic (exact) mass is 224 g/mol. The maximum absolute atomic E-state index is 10.0. The zero-order chi connectivity index (χ0) is 11.4. The number of aryl methyl sites for hydroxylation is 1. The van der Waals surface area contributed by atoms with E-state index in [0.29, 0.717) is 6.10 Å². The van der Waals surface area contributed by atoms with Crippen molar-refractivity contribution in [1.82, 2.24) is 9.55 Å². The molecule has 0 spiro atoms. The van der Waals surface area contributed by atoms with Crippen LogP contribution >= 0.6 is 0 Å². The fourth-order valence-electron chi connectivity index (χ4n) is 2.23. The van der Waals surface area contributed by atoms with Gasteiger partial charge in [0, 0.05) is 25.5 Å². The van der Waals surface area contributed by atoms with Crippen molar-refractivity contribution in [1.29, 1.82) is 0 Å². The van der Waals surface area contributed by atoms with Crippen molar-refractivity contribution in [2.75, 3.05) is 6.61 Å². The molecule has 1 fully saturated rings. The van der Waals surface area contributed by atoms with Crippen LogP contribution in [-0.2, 0) is 11.3 Å². The van der Waals surface area contributed by atoms with E-state index in [-0.39, 0.29) is 0 Å². The van der Waals surface area contributed by atoms with E-state index >= 15 is 0 Å². The highest BCUT2D eigenvalue weighted by molar-refractivity contribution is 4.96. The van der Waals surface area contributed by atoms with Gasteiger partial charge in [-0.25, -0.2) is 4.98 Å². The molecule has 4 heteroatoms. The lowest BCUT2D eigenvalue weighted by Crippen LogP contribution is -2.11. The minimum Gasteiger partial charge on any atom is -0.385 e. The lowest BCUT2D eigenvalue weighted by atomic mass is 10.1. The number of aliphatic hydroxyl groups is 1. The molecule has 0 aromatic carbocycles. The fourth-order valence-corrected chi connectivity index (χ4v) is 2.23. The van der Waals surface area contributed by atoms with E-state index in [1.807, 2.05) is 10.8 Å². The summed E-state index contributed by atoms with van der Waals surface area (Å²) >= 11 is 0. The molecule has 1 N–H and O–H groups in total. The Hall–Kier alpha value is -0.870. The van der Waals surface area contributed by atoms with Gasteiger partial charge < -0.3 is 14.4 Å². The van der Waals surface area contributed by atoms with E-state index in [9.17, 15) is 5.11 Å². The smallest absolute Gasteiger partial charge is 0.137 e. The van der Waals surface area contributed by atoms with Gasteiger partial charge in [-0.3, -0.25) is 0 Å². The Morgan fingerprint density at radius 2 is 2.56 bits per heavy atom. The molecule has 1 aromatic heterocycles. The molecule has 2 atom stereocenters. The normalized spacial score (nSPS) is 22.5. The van der Waals surface area contributed by atoms with E-state index in [2.05, 4.69) is 11.9 Å². The lowest BCUT2D eigenvalue weighted by Gasteiger charge is -2.14. The summed E-state index contributed by atoms with van der Waals surface area (Å²) in [7, 11) is 0. The molecule has 1 aromatic rings. The number of aliphatic hydroxyl groups excluding tert-OH is 1. The van der Waals surface area contributed by atoms with E-state index in [4.69, 9.17) is 4.74 Å². The van der Waals surface area contributed by atoms with Crippen molar-refractivity contribution in [2.24, 2.45) is 0 Å². The molecule has 0 aliphatic carbocycles. The molecule has 2 heterocycles. The molecular weight excluding hydrogens is 204 g/mol. The first-order chi connectivity index (χ1) is 7.81. The summed E-state index contributed by atoms with van der Waals surface area (Å²) in [4.78, 5) is 4.20. The van der Waals surface area contributed by atoms with Gasteiger partial charge in [-0.05, 0) is 32.6 Å². The van der Waals surface area contributed by atoms with E-state index in [1.54, 1.807) is 6.20 Å². The molecule has 0 amide bonds. The van der Waals surface area contributed by atoms with Crippen molar-refractivity contribution >= 4 is 0 Å². The fraction of sp³-hybridized carbons (Fsp3) is 0.750. The average molecular weight is 224 g/mol. The minimum absolute atomic E-state index is 0.347. The third-order valence-corrected chi connectivity index (χ3v) is 3.17. The zero-order valence-electron chi connectivity index (χ0n) is 9.80. The van der Waals surface area contributed by atoms with Crippen molar-refractivity contribution in [2.45, 2.75) is 51.4 Å². The molecule has 90 valence electrons. The highest BCUT2D eigenvalue weighted by Gasteiger charge is 2.19. The molecule has 16 heavy (non-hydrogen) atoms. The average Bonchev–Trinajstić information content (AvgIpc) is 2.96. The minimum atomic E-state index is -0.459. The predicted octanol–water partition coefficient (Wildman–Crippen LogP) is 1.90. The van der Waals surface area contributed by atoms with Crippen LogP contribution in [0.15, 0.2) is 12.4 Å². The Bertz CT molecular complexity index is 319. The summed E-state index contributed by atoms with van der Waals surface area (Å²) < 4.78 is 7.53. The maximum Gasteiger partial charge on any atom is 0.137 e. The number of hydrogen-bond acceptors (Lipinski definition) is 3. The first-order valence-corrected chi connectivity index (χ1v) is 6.12. The second-order valence-corrected chi connectivity index (χ2v) is 4.30. The molecule has 2 rings (SSSR count). The van der Waals surface area contributed by atoms with Gasteiger partial charge >= 0.3 is 0 Å². The first kappa shape index (κ1) is 11.6. The number of imidazole rings is 1. The molecule has 1 aliphatic rings. The van der Waals surface area contributed by atoms with Crippen LogP contribution in [0.2, 0.25) is 0 Å². The highest BCUT2D eigenvalue weighted by Crippen LogP contribution is 2.23. The van der Waals surface area contributed by atoms with Crippen molar-refractivity contribution in [3.05, 3.63) is 18.2 Å². The molecule has 2 unspecified atom stereocenters. The third kappa shape index (κ3) is 2.62. The van der Waals surface area contributed by atoms with Gasteiger partial charge in [0.2, 0.25) is 0 Å². The summed E-state index contributed by atoms with van der Waals surface area (Å²) in [5, 5.41) is 10.0. The Morgan fingerprint density at radius 1 is 1.69 bits per heavy atom. The van der Waals surface area contributed by atoms with Crippen LogP contribution in [-0.4, -0.2) is 27.4 Å². The van der Waals surface area contributed by atoms with Crippen LogP contribution in [0, 0.1) is 0 Å². The maximum atomic E-state index is 10.0. The molecule has 0 saturated carbocycles. The largest absolute Gasteiger partial charge is 0.385 e. The number of ether oxygens (including phenoxy) is 1. The topological polar surface area (TPSA) is 47.3 Å². The number of aromatic nitrogens is 2. The Labute approximate surface area is 96.3 Å². The molecule has 0 bridgehead atoms. The molecule has 4 nitrogen and oxygen atoms in total. The molecule has 0 radical (unpaired) electrons. The Kier molecular flexibility index (Phi) is 3.96. The van der Waals surface area contributed by atoms with Crippen molar-refractivity contribution in [3.63, 3.8) is 0 Å². The second kappa shape index (κ2) is 5.46. The molecule has 1 saturated heterocycles. The predicted molar refractivity (Wildman–Crippen MR) is 61.1 cm³/mol. The van der Waals surface area contributed by atoms with E-state index in [1.165, 1.54) is 0 Å². The summed E-state index contributed by atoms with van der Waals surface area (Å²) in [6, 6.07) is 0. The van der Waals surface area contributed by atoms with Crippen LogP contribution in [0.25, 0.3) is 0 Å². The number of rotatable bonds is 5.